The van der Waals surface area contributed by atoms with E-state index in [9.17, 15) is 0 Å². The predicted molar refractivity (Wildman–Crippen MR) is 164 cm³/mol. The Kier molecular flexibility index (Phi) is 3.73. The van der Waals surface area contributed by atoms with Crippen LogP contribution >= 0.6 is 0 Å². The molecule has 0 fully saturated rings. The minimum absolute atomic E-state index is 0.902. The molecule has 0 N–H and O–H groups in total. The Hall–Kier alpha value is -5.28. The van der Waals surface area contributed by atoms with Gasteiger partial charge in [-0.05, 0) is 65.6 Å². The molecule has 40 heavy (non-hydrogen) atoms. The van der Waals surface area contributed by atoms with Gasteiger partial charge >= 0.3 is 0 Å². The van der Waals surface area contributed by atoms with E-state index in [1.54, 1.807) is 0 Å². The maximum absolute atomic E-state index is 6.91. The van der Waals surface area contributed by atoms with Crippen LogP contribution in [-0.4, -0.2) is 4.57 Å². The highest BCUT2D eigenvalue weighted by Crippen LogP contribution is 2.47. The van der Waals surface area contributed by atoms with Crippen LogP contribution < -0.4 is 0 Å². The Morgan fingerprint density at radius 1 is 0.500 bits per heavy atom. The van der Waals surface area contributed by atoms with E-state index in [4.69, 9.17) is 8.83 Å². The Morgan fingerprint density at radius 3 is 2.25 bits per heavy atom. The highest BCUT2D eigenvalue weighted by atomic mass is 16.3. The summed E-state index contributed by atoms with van der Waals surface area (Å²) in [6.45, 7) is 0. The Labute approximate surface area is 228 Å². The SMILES string of the molecule is c1ccc2c(c1)Cc1ccc3c(oc4c3ccc3c4c4ccccc4n3-c3ccc4oc5ccccc5c4c3)c1-2. The van der Waals surface area contributed by atoms with Crippen molar-refractivity contribution in [2.24, 2.45) is 0 Å². The smallest absolute Gasteiger partial charge is 0.145 e. The van der Waals surface area contributed by atoms with Crippen LogP contribution in [0.2, 0.25) is 0 Å². The number of benzene rings is 6. The van der Waals surface area contributed by atoms with E-state index in [1.807, 2.05) is 12.1 Å². The van der Waals surface area contributed by atoms with Crippen LogP contribution in [0.15, 0.2) is 124 Å². The first-order valence-electron chi connectivity index (χ1n) is 13.7. The molecule has 0 amide bonds. The molecule has 0 saturated carbocycles. The van der Waals surface area contributed by atoms with E-state index in [-0.39, 0.29) is 0 Å². The zero-order chi connectivity index (χ0) is 25.9. The summed E-state index contributed by atoms with van der Waals surface area (Å²) in [7, 11) is 0. The fraction of sp³-hybridized carbons (Fsp3) is 0.0270. The van der Waals surface area contributed by atoms with Gasteiger partial charge in [-0.2, -0.15) is 0 Å². The van der Waals surface area contributed by atoms with E-state index in [0.717, 1.165) is 67.0 Å². The molecule has 0 radical (unpaired) electrons. The molecule has 1 aliphatic carbocycles. The average Bonchev–Trinajstić information content (AvgIpc) is 3.74. The molecule has 9 aromatic rings. The summed E-state index contributed by atoms with van der Waals surface area (Å²) in [4.78, 5) is 0. The van der Waals surface area contributed by atoms with Crippen LogP contribution in [0.1, 0.15) is 11.1 Å². The van der Waals surface area contributed by atoms with E-state index >= 15 is 0 Å². The zero-order valence-electron chi connectivity index (χ0n) is 21.4. The molecule has 0 saturated heterocycles. The number of hydrogen-bond acceptors (Lipinski definition) is 2. The number of hydrogen-bond donors (Lipinski definition) is 0. The number of fused-ring (bicyclic) bond motifs is 14. The van der Waals surface area contributed by atoms with Crippen molar-refractivity contribution in [1.82, 2.24) is 4.57 Å². The van der Waals surface area contributed by atoms with Crippen molar-refractivity contribution in [1.29, 1.82) is 0 Å². The zero-order valence-corrected chi connectivity index (χ0v) is 21.4. The quantitative estimate of drug-likeness (QED) is 0.219. The van der Waals surface area contributed by atoms with Crippen molar-refractivity contribution in [3.63, 3.8) is 0 Å². The molecular formula is C37H21NO2. The highest BCUT2D eigenvalue weighted by Gasteiger charge is 2.25. The summed E-state index contributed by atoms with van der Waals surface area (Å²) in [5, 5.41) is 6.94. The van der Waals surface area contributed by atoms with Gasteiger partial charge in [0, 0.05) is 38.2 Å². The monoisotopic (exact) mass is 511 g/mol. The molecule has 1 aliphatic rings. The molecule has 3 heterocycles. The first-order chi connectivity index (χ1) is 19.8. The lowest BCUT2D eigenvalue weighted by Crippen LogP contribution is -1.93. The van der Waals surface area contributed by atoms with Gasteiger partial charge in [-0.25, -0.2) is 0 Å². The fourth-order valence-corrected chi connectivity index (χ4v) is 7.09. The minimum Gasteiger partial charge on any atom is -0.456 e. The summed E-state index contributed by atoms with van der Waals surface area (Å²) in [6.07, 6.45) is 0.957. The third kappa shape index (κ3) is 2.50. The summed E-state index contributed by atoms with van der Waals surface area (Å²) >= 11 is 0. The van der Waals surface area contributed by atoms with Crippen LogP contribution in [0.5, 0.6) is 0 Å². The number of aromatic nitrogens is 1. The first-order valence-corrected chi connectivity index (χ1v) is 13.7. The number of rotatable bonds is 1. The van der Waals surface area contributed by atoms with Crippen LogP contribution in [0.3, 0.4) is 0 Å². The third-order valence-corrected chi connectivity index (χ3v) is 8.82. The van der Waals surface area contributed by atoms with E-state index < -0.39 is 0 Å². The van der Waals surface area contributed by atoms with Crippen LogP contribution in [-0.2, 0) is 6.42 Å². The normalized spacial score (nSPS) is 12.9. The molecular weight excluding hydrogens is 490 g/mol. The van der Waals surface area contributed by atoms with Gasteiger partial charge in [0.2, 0.25) is 0 Å². The molecule has 3 aromatic heterocycles. The van der Waals surface area contributed by atoms with Crippen molar-refractivity contribution in [3.05, 3.63) is 126 Å². The second kappa shape index (κ2) is 7.22. The highest BCUT2D eigenvalue weighted by molar-refractivity contribution is 6.25. The Balaban J connectivity index is 1.32. The van der Waals surface area contributed by atoms with E-state index in [0.29, 0.717) is 0 Å². The lowest BCUT2D eigenvalue weighted by atomic mass is 10.0. The molecule has 0 unspecified atom stereocenters. The molecule has 186 valence electrons. The number of furan rings is 2. The van der Waals surface area contributed by atoms with Crippen molar-refractivity contribution >= 4 is 65.7 Å². The topological polar surface area (TPSA) is 31.2 Å². The van der Waals surface area contributed by atoms with Gasteiger partial charge in [0.25, 0.3) is 0 Å². The first kappa shape index (κ1) is 20.7. The summed E-state index contributed by atoms with van der Waals surface area (Å²) in [5.41, 5.74) is 12.4. The molecule has 0 atom stereocenters. The Bertz CT molecular complexity index is 2520. The lowest BCUT2D eigenvalue weighted by Gasteiger charge is -2.08. The van der Waals surface area contributed by atoms with Crippen molar-refractivity contribution < 1.29 is 8.83 Å². The Morgan fingerprint density at radius 2 is 1.27 bits per heavy atom. The van der Waals surface area contributed by atoms with Gasteiger partial charge in [0.15, 0.2) is 0 Å². The molecule has 0 spiro atoms. The fourth-order valence-electron chi connectivity index (χ4n) is 7.09. The second-order valence-corrected chi connectivity index (χ2v) is 10.9. The molecule has 0 bridgehead atoms. The van der Waals surface area contributed by atoms with Gasteiger partial charge in [-0.1, -0.05) is 72.8 Å². The van der Waals surface area contributed by atoms with Crippen molar-refractivity contribution in [2.45, 2.75) is 6.42 Å². The summed E-state index contributed by atoms with van der Waals surface area (Å²) in [5.74, 6) is 0. The number of nitrogens with zero attached hydrogens (tertiary/aromatic N) is 1. The summed E-state index contributed by atoms with van der Waals surface area (Å²) in [6, 6.07) is 41.1. The van der Waals surface area contributed by atoms with E-state index in [1.165, 1.54) is 33.0 Å². The van der Waals surface area contributed by atoms with Gasteiger partial charge < -0.3 is 13.4 Å². The summed E-state index contributed by atoms with van der Waals surface area (Å²) < 4.78 is 15.4. The molecule has 10 rings (SSSR count). The van der Waals surface area contributed by atoms with Crippen molar-refractivity contribution in [2.75, 3.05) is 0 Å². The van der Waals surface area contributed by atoms with Gasteiger partial charge in [-0.15, -0.1) is 0 Å². The molecule has 3 heteroatoms. The molecule has 0 aliphatic heterocycles. The van der Waals surface area contributed by atoms with E-state index in [2.05, 4.69) is 108 Å². The maximum Gasteiger partial charge on any atom is 0.145 e. The lowest BCUT2D eigenvalue weighted by molar-refractivity contribution is 0.669. The standard InChI is InChI=1S/C37H21NO2/c1-2-8-24-21(7-1)19-22-13-15-26-27-16-17-31-35(37(27)40-36(26)34(22)24)28-10-3-5-11-30(28)38(31)23-14-18-33-29(20-23)25-9-4-6-12-32(25)39-33/h1-18,20H,19H2. The van der Waals surface area contributed by atoms with Crippen LogP contribution in [0.25, 0.3) is 82.5 Å². The number of para-hydroxylation sites is 2. The third-order valence-electron chi connectivity index (χ3n) is 8.82. The minimum atomic E-state index is 0.902. The van der Waals surface area contributed by atoms with Gasteiger partial charge in [-0.3, -0.25) is 0 Å². The maximum atomic E-state index is 6.91. The average molecular weight is 512 g/mol. The second-order valence-electron chi connectivity index (χ2n) is 10.9. The predicted octanol–water partition coefficient (Wildman–Crippen LogP) is 10.2. The van der Waals surface area contributed by atoms with Crippen molar-refractivity contribution in [3.8, 4) is 16.8 Å². The van der Waals surface area contributed by atoms with Crippen LogP contribution in [0, 0.1) is 0 Å². The molecule has 3 nitrogen and oxygen atoms in total. The molecule has 6 aromatic carbocycles. The largest absolute Gasteiger partial charge is 0.456 e. The van der Waals surface area contributed by atoms with Gasteiger partial charge in [0.05, 0.1) is 16.4 Å². The van der Waals surface area contributed by atoms with Gasteiger partial charge in [0.1, 0.15) is 22.3 Å². The van der Waals surface area contributed by atoms with Crippen LogP contribution in [0.4, 0.5) is 0 Å².